The first-order valence-electron chi connectivity index (χ1n) is 15.0. The Kier molecular flexibility index (Phi) is 5.75. The number of benzene rings is 8. The van der Waals surface area contributed by atoms with E-state index in [2.05, 4.69) is 169 Å². The molecule has 0 spiro atoms. The predicted octanol–water partition coefficient (Wildman–Crippen LogP) is 12.7. The van der Waals surface area contributed by atoms with Gasteiger partial charge in [-0.1, -0.05) is 115 Å². The Morgan fingerprint density at radius 2 is 0.909 bits per heavy atom. The van der Waals surface area contributed by atoms with Crippen molar-refractivity contribution in [3.05, 3.63) is 164 Å². The Balaban J connectivity index is 1.23. The Morgan fingerprint density at radius 3 is 1.73 bits per heavy atom. The van der Waals surface area contributed by atoms with Crippen molar-refractivity contribution in [3.8, 4) is 11.1 Å². The second-order valence-corrected chi connectivity index (χ2v) is 12.5. The third-order valence-electron chi connectivity index (χ3n) is 8.82. The van der Waals surface area contributed by atoms with Crippen molar-refractivity contribution < 1.29 is 0 Å². The molecular formula is C42H27NS. The van der Waals surface area contributed by atoms with Crippen molar-refractivity contribution in [1.82, 2.24) is 0 Å². The van der Waals surface area contributed by atoms with Crippen LogP contribution in [0.3, 0.4) is 0 Å². The van der Waals surface area contributed by atoms with Crippen LogP contribution in [0.15, 0.2) is 164 Å². The van der Waals surface area contributed by atoms with Gasteiger partial charge in [-0.2, -0.15) is 0 Å². The monoisotopic (exact) mass is 577 g/mol. The van der Waals surface area contributed by atoms with Gasteiger partial charge in [0.25, 0.3) is 0 Å². The van der Waals surface area contributed by atoms with Crippen LogP contribution in [0.25, 0.3) is 63.6 Å². The molecule has 44 heavy (non-hydrogen) atoms. The first-order valence-corrected chi connectivity index (χ1v) is 15.8. The Labute approximate surface area is 259 Å². The van der Waals surface area contributed by atoms with Gasteiger partial charge in [0, 0.05) is 37.2 Å². The van der Waals surface area contributed by atoms with Crippen molar-refractivity contribution in [3.63, 3.8) is 0 Å². The molecule has 0 fully saturated rings. The van der Waals surface area contributed by atoms with E-state index in [1.165, 1.54) is 63.6 Å². The maximum Gasteiger partial charge on any atom is 0.0468 e. The lowest BCUT2D eigenvalue weighted by Gasteiger charge is -2.26. The Bertz CT molecular complexity index is 2490. The van der Waals surface area contributed by atoms with Crippen LogP contribution >= 0.6 is 11.3 Å². The minimum Gasteiger partial charge on any atom is -0.310 e. The predicted molar refractivity (Wildman–Crippen MR) is 192 cm³/mol. The average Bonchev–Trinajstić information content (AvgIpc) is 3.48. The van der Waals surface area contributed by atoms with Crippen LogP contribution in [0.4, 0.5) is 17.1 Å². The Hall–Kier alpha value is -5.44. The maximum absolute atomic E-state index is 2.39. The number of thiophene rings is 1. The standard InChI is InChI=1S/C42H27NS/c1-2-8-28(9-3-1)29-16-19-33(20-17-29)43(34-21-23-37-31(26-34)15-14-30-10-4-5-11-36(30)37)35-22-24-38-32(27-35)18-25-41-42(38)39-12-6-7-13-40(39)44-41/h1-27H. The summed E-state index contributed by atoms with van der Waals surface area (Å²) in [5.74, 6) is 0. The van der Waals surface area contributed by atoms with Crippen LogP contribution < -0.4 is 4.90 Å². The number of hydrogen-bond donors (Lipinski definition) is 0. The molecule has 1 heterocycles. The largest absolute Gasteiger partial charge is 0.310 e. The average molecular weight is 578 g/mol. The Morgan fingerprint density at radius 1 is 0.341 bits per heavy atom. The van der Waals surface area contributed by atoms with E-state index in [1.807, 2.05) is 11.3 Å². The maximum atomic E-state index is 2.39. The van der Waals surface area contributed by atoms with Gasteiger partial charge in [-0.3, -0.25) is 0 Å². The molecule has 0 saturated carbocycles. The lowest BCUT2D eigenvalue weighted by atomic mass is 10.00. The highest BCUT2D eigenvalue weighted by atomic mass is 32.1. The SMILES string of the molecule is c1ccc(-c2ccc(N(c3ccc4c(ccc5ccccc54)c3)c3ccc4c(ccc5sc6ccccc6c54)c3)cc2)cc1. The minimum absolute atomic E-state index is 1.13. The van der Waals surface area contributed by atoms with Crippen LogP contribution in [0, 0.1) is 0 Å². The van der Waals surface area contributed by atoms with E-state index in [4.69, 9.17) is 0 Å². The fourth-order valence-electron chi connectivity index (χ4n) is 6.70. The summed E-state index contributed by atoms with van der Waals surface area (Å²) in [6.07, 6.45) is 0. The number of hydrogen-bond acceptors (Lipinski definition) is 2. The molecule has 0 radical (unpaired) electrons. The van der Waals surface area contributed by atoms with Gasteiger partial charge in [0.1, 0.15) is 0 Å². The zero-order chi connectivity index (χ0) is 29.0. The van der Waals surface area contributed by atoms with Crippen molar-refractivity contribution in [2.45, 2.75) is 0 Å². The van der Waals surface area contributed by atoms with E-state index < -0.39 is 0 Å². The molecular weight excluding hydrogens is 551 g/mol. The van der Waals surface area contributed by atoms with Crippen molar-refractivity contribution >= 4 is 80.9 Å². The summed E-state index contributed by atoms with van der Waals surface area (Å²) in [6.45, 7) is 0. The quantitative estimate of drug-likeness (QED) is 0.188. The summed E-state index contributed by atoms with van der Waals surface area (Å²) in [7, 11) is 0. The van der Waals surface area contributed by atoms with Crippen LogP contribution in [0.5, 0.6) is 0 Å². The molecule has 2 heteroatoms. The van der Waals surface area contributed by atoms with Gasteiger partial charge in [-0.05, 0) is 92.0 Å². The molecule has 0 N–H and O–H groups in total. The molecule has 0 unspecified atom stereocenters. The molecule has 0 atom stereocenters. The molecule has 9 rings (SSSR count). The molecule has 0 aliphatic rings. The van der Waals surface area contributed by atoms with E-state index in [-0.39, 0.29) is 0 Å². The first-order chi connectivity index (χ1) is 21.8. The lowest BCUT2D eigenvalue weighted by Crippen LogP contribution is -2.10. The highest BCUT2D eigenvalue weighted by Crippen LogP contribution is 2.42. The van der Waals surface area contributed by atoms with Crippen molar-refractivity contribution in [2.24, 2.45) is 0 Å². The summed E-state index contributed by atoms with van der Waals surface area (Å²) in [6, 6.07) is 59.8. The molecule has 0 aliphatic carbocycles. The smallest absolute Gasteiger partial charge is 0.0468 e. The van der Waals surface area contributed by atoms with Gasteiger partial charge >= 0.3 is 0 Å². The highest BCUT2D eigenvalue weighted by Gasteiger charge is 2.16. The zero-order valence-corrected chi connectivity index (χ0v) is 24.8. The summed E-state index contributed by atoms with van der Waals surface area (Å²) < 4.78 is 2.67. The van der Waals surface area contributed by atoms with Gasteiger partial charge in [0.15, 0.2) is 0 Å². The third kappa shape index (κ3) is 4.07. The molecule has 8 aromatic carbocycles. The topological polar surface area (TPSA) is 3.24 Å². The molecule has 0 amide bonds. The molecule has 9 aromatic rings. The van der Waals surface area contributed by atoms with Crippen molar-refractivity contribution in [1.29, 1.82) is 0 Å². The van der Waals surface area contributed by atoms with Gasteiger partial charge < -0.3 is 4.90 Å². The third-order valence-corrected chi connectivity index (χ3v) is 9.96. The second kappa shape index (κ2) is 10.1. The van der Waals surface area contributed by atoms with E-state index in [1.54, 1.807) is 0 Å². The molecule has 1 aromatic heterocycles. The molecule has 0 bridgehead atoms. The fraction of sp³-hybridized carbons (Fsp3) is 0. The molecule has 206 valence electrons. The van der Waals surface area contributed by atoms with Gasteiger partial charge in [-0.25, -0.2) is 0 Å². The number of anilines is 3. The lowest BCUT2D eigenvalue weighted by molar-refractivity contribution is 1.29. The van der Waals surface area contributed by atoms with Gasteiger partial charge in [0.05, 0.1) is 0 Å². The summed E-state index contributed by atoms with van der Waals surface area (Å²) in [5, 5.41) is 10.3. The molecule has 0 saturated heterocycles. The van der Waals surface area contributed by atoms with Crippen LogP contribution in [0.2, 0.25) is 0 Å². The first kappa shape index (κ1) is 25.1. The van der Waals surface area contributed by atoms with Crippen LogP contribution in [-0.4, -0.2) is 0 Å². The second-order valence-electron chi connectivity index (χ2n) is 11.4. The van der Waals surface area contributed by atoms with Gasteiger partial charge in [-0.15, -0.1) is 11.3 Å². The number of rotatable bonds is 4. The molecule has 0 aliphatic heterocycles. The van der Waals surface area contributed by atoms with Crippen molar-refractivity contribution in [2.75, 3.05) is 4.90 Å². The van der Waals surface area contributed by atoms with Crippen LogP contribution in [-0.2, 0) is 0 Å². The summed E-state index contributed by atoms with van der Waals surface area (Å²) in [4.78, 5) is 2.39. The van der Waals surface area contributed by atoms with Gasteiger partial charge in [0.2, 0.25) is 0 Å². The highest BCUT2D eigenvalue weighted by molar-refractivity contribution is 7.26. The molecule has 1 nitrogen and oxygen atoms in total. The normalized spacial score (nSPS) is 11.6. The van der Waals surface area contributed by atoms with E-state index in [9.17, 15) is 0 Å². The number of nitrogens with zero attached hydrogens (tertiary/aromatic N) is 1. The van der Waals surface area contributed by atoms with Crippen LogP contribution in [0.1, 0.15) is 0 Å². The van der Waals surface area contributed by atoms with E-state index in [0.29, 0.717) is 0 Å². The zero-order valence-electron chi connectivity index (χ0n) is 23.9. The fourth-order valence-corrected chi connectivity index (χ4v) is 7.82. The summed E-state index contributed by atoms with van der Waals surface area (Å²) >= 11 is 1.87. The van der Waals surface area contributed by atoms with E-state index in [0.717, 1.165) is 17.1 Å². The minimum atomic E-state index is 1.13. The number of fused-ring (bicyclic) bond motifs is 8. The van der Waals surface area contributed by atoms with E-state index >= 15 is 0 Å². The summed E-state index contributed by atoms with van der Waals surface area (Å²) in [5.41, 5.74) is 5.85.